The highest BCUT2D eigenvalue weighted by Gasteiger charge is 2.31. The van der Waals surface area contributed by atoms with Gasteiger partial charge in [0.15, 0.2) is 0 Å². The summed E-state index contributed by atoms with van der Waals surface area (Å²) in [7, 11) is 0. The summed E-state index contributed by atoms with van der Waals surface area (Å²) in [5, 5.41) is 0.478. The van der Waals surface area contributed by atoms with Crippen LogP contribution < -0.4 is 10.5 Å². The van der Waals surface area contributed by atoms with Crippen LogP contribution in [0.4, 0.5) is 18.9 Å². The standard InChI is InChI=1S/C13H11F3N2O/c14-13(15,16)19-8-3-4-11-9(5-8)10(17)6-12(18-11)7-1-2-7/h3-7H,1-2H2,(H2,17,18). The van der Waals surface area contributed by atoms with Crippen LogP contribution in [0.5, 0.6) is 5.75 Å². The van der Waals surface area contributed by atoms with Crippen molar-refractivity contribution < 1.29 is 17.9 Å². The molecule has 0 unspecified atom stereocenters. The van der Waals surface area contributed by atoms with Crippen molar-refractivity contribution in [1.82, 2.24) is 4.98 Å². The highest BCUT2D eigenvalue weighted by molar-refractivity contribution is 5.91. The number of benzene rings is 1. The average Bonchev–Trinajstić information content (AvgIpc) is 3.11. The van der Waals surface area contributed by atoms with Gasteiger partial charge in [-0.2, -0.15) is 0 Å². The average molecular weight is 268 g/mol. The molecule has 0 atom stereocenters. The summed E-state index contributed by atoms with van der Waals surface area (Å²) in [6.45, 7) is 0. The summed E-state index contributed by atoms with van der Waals surface area (Å²) in [5.74, 6) is 0.158. The highest BCUT2D eigenvalue weighted by atomic mass is 19.4. The fourth-order valence-corrected chi connectivity index (χ4v) is 2.04. The van der Waals surface area contributed by atoms with Gasteiger partial charge in [0.2, 0.25) is 0 Å². The molecule has 0 amide bonds. The zero-order chi connectivity index (χ0) is 13.6. The lowest BCUT2D eigenvalue weighted by molar-refractivity contribution is -0.274. The molecular formula is C13H11F3N2O. The van der Waals surface area contributed by atoms with Crippen LogP contribution in [0.2, 0.25) is 0 Å². The van der Waals surface area contributed by atoms with Crippen LogP contribution in [-0.4, -0.2) is 11.3 Å². The molecule has 19 heavy (non-hydrogen) atoms. The summed E-state index contributed by atoms with van der Waals surface area (Å²) in [5.41, 5.74) is 7.81. The molecule has 1 aromatic carbocycles. The molecule has 0 radical (unpaired) electrons. The lowest BCUT2D eigenvalue weighted by atomic mass is 10.1. The normalized spacial score (nSPS) is 15.7. The van der Waals surface area contributed by atoms with E-state index >= 15 is 0 Å². The van der Waals surface area contributed by atoms with E-state index in [-0.39, 0.29) is 5.75 Å². The molecular weight excluding hydrogens is 257 g/mol. The van der Waals surface area contributed by atoms with Crippen molar-refractivity contribution in [3.63, 3.8) is 0 Å². The molecule has 1 aliphatic carbocycles. The SMILES string of the molecule is Nc1cc(C2CC2)nc2ccc(OC(F)(F)F)cc12. The molecule has 3 rings (SSSR count). The summed E-state index contributed by atoms with van der Waals surface area (Å²) < 4.78 is 40.3. The van der Waals surface area contributed by atoms with Crippen molar-refractivity contribution in [1.29, 1.82) is 0 Å². The number of hydrogen-bond acceptors (Lipinski definition) is 3. The van der Waals surface area contributed by atoms with Gasteiger partial charge < -0.3 is 10.5 Å². The van der Waals surface area contributed by atoms with E-state index in [1.807, 2.05) is 0 Å². The van der Waals surface area contributed by atoms with Gasteiger partial charge in [-0.05, 0) is 37.1 Å². The molecule has 100 valence electrons. The van der Waals surface area contributed by atoms with Crippen molar-refractivity contribution >= 4 is 16.6 Å². The Balaban J connectivity index is 2.03. The second-order valence-electron chi connectivity index (χ2n) is 4.64. The molecule has 0 bridgehead atoms. The van der Waals surface area contributed by atoms with Crippen LogP contribution in [0.25, 0.3) is 10.9 Å². The number of alkyl halides is 3. The van der Waals surface area contributed by atoms with Gasteiger partial charge in [0.25, 0.3) is 0 Å². The Hall–Kier alpha value is -1.98. The number of nitrogens with two attached hydrogens (primary N) is 1. The molecule has 2 aromatic rings. The van der Waals surface area contributed by atoms with Crippen molar-refractivity contribution in [3.8, 4) is 5.75 Å². The summed E-state index contributed by atoms with van der Waals surface area (Å²) >= 11 is 0. The fraction of sp³-hybridized carbons (Fsp3) is 0.308. The van der Waals surface area contributed by atoms with Gasteiger partial charge in [0.05, 0.1) is 5.52 Å². The van der Waals surface area contributed by atoms with E-state index in [0.29, 0.717) is 22.5 Å². The van der Waals surface area contributed by atoms with Crippen LogP contribution in [-0.2, 0) is 0 Å². The van der Waals surface area contributed by atoms with Gasteiger partial charge in [-0.25, -0.2) is 0 Å². The minimum Gasteiger partial charge on any atom is -0.406 e. The van der Waals surface area contributed by atoms with E-state index in [4.69, 9.17) is 5.73 Å². The maximum atomic E-state index is 12.2. The number of halogens is 3. The van der Waals surface area contributed by atoms with Crippen molar-refractivity contribution in [2.75, 3.05) is 5.73 Å². The first-order chi connectivity index (χ1) is 8.92. The molecule has 0 spiro atoms. The lowest BCUT2D eigenvalue weighted by Crippen LogP contribution is -2.17. The highest BCUT2D eigenvalue weighted by Crippen LogP contribution is 2.41. The van der Waals surface area contributed by atoms with Gasteiger partial charge in [-0.1, -0.05) is 0 Å². The summed E-state index contributed by atoms with van der Waals surface area (Å²) in [6, 6.07) is 5.75. The van der Waals surface area contributed by atoms with E-state index in [2.05, 4.69) is 9.72 Å². The van der Waals surface area contributed by atoms with Crippen LogP contribution in [0.3, 0.4) is 0 Å². The molecule has 6 heteroatoms. The minimum absolute atomic E-state index is 0.285. The Morgan fingerprint density at radius 3 is 2.58 bits per heavy atom. The Kier molecular flexibility index (Phi) is 2.55. The van der Waals surface area contributed by atoms with E-state index in [0.717, 1.165) is 18.5 Å². The number of anilines is 1. The van der Waals surface area contributed by atoms with Gasteiger partial charge in [-0.3, -0.25) is 4.98 Å². The van der Waals surface area contributed by atoms with Crippen LogP contribution in [0.1, 0.15) is 24.5 Å². The van der Waals surface area contributed by atoms with Gasteiger partial charge in [0.1, 0.15) is 5.75 Å². The molecule has 0 aliphatic heterocycles. The van der Waals surface area contributed by atoms with E-state index in [1.165, 1.54) is 18.2 Å². The van der Waals surface area contributed by atoms with Crippen molar-refractivity contribution in [3.05, 3.63) is 30.0 Å². The third-order valence-corrected chi connectivity index (χ3v) is 3.06. The van der Waals surface area contributed by atoms with Crippen LogP contribution in [0, 0.1) is 0 Å². The monoisotopic (exact) mass is 268 g/mol. The number of rotatable bonds is 2. The molecule has 1 aromatic heterocycles. The third kappa shape index (κ3) is 2.57. The number of pyridine rings is 1. The number of fused-ring (bicyclic) bond motifs is 1. The molecule has 3 nitrogen and oxygen atoms in total. The minimum atomic E-state index is -4.70. The zero-order valence-corrected chi connectivity index (χ0v) is 9.87. The summed E-state index contributed by atoms with van der Waals surface area (Å²) in [6.07, 6.45) is -2.52. The molecule has 0 saturated heterocycles. The quantitative estimate of drug-likeness (QED) is 0.905. The maximum absolute atomic E-state index is 12.2. The first kappa shape index (κ1) is 12.1. The van der Waals surface area contributed by atoms with E-state index in [1.54, 1.807) is 6.07 Å². The lowest BCUT2D eigenvalue weighted by Gasteiger charge is -2.11. The largest absolute Gasteiger partial charge is 0.573 e. The summed E-state index contributed by atoms with van der Waals surface area (Å²) in [4.78, 5) is 4.42. The fourth-order valence-electron chi connectivity index (χ4n) is 2.04. The number of nitrogens with zero attached hydrogens (tertiary/aromatic N) is 1. The van der Waals surface area contributed by atoms with E-state index < -0.39 is 6.36 Å². The van der Waals surface area contributed by atoms with Gasteiger partial charge in [-0.15, -0.1) is 13.2 Å². The van der Waals surface area contributed by atoms with E-state index in [9.17, 15) is 13.2 Å². The number of hydrogen-bond donors (Lipinski definition) is 1. The maximum Gasteiger partial charge on any atom is 0.573 e. The smallest absolute Gasteiger partial charge is 0.406 e. The Morgan fingerprint density at radius 1 is 1.21 bits per heavy atom. The molecule has 2 N–H and O–H groups in total. The predicted octanol–water partition coefficient (Wildman–Crippen LogP) is 3.59. The van der Waals surface area contributed by atoms with Crippen molar-refractivity contribution in [2.45, 2.75) is 25.1 Å². The van der Waals surface area contributed by atoms with Crippen LogP contribution in [0.15, 0.2) is 24.3 Å². The molecule has 1 fully saturated rings. The Bertz CT molecular complexity index is 636. The van der Waals surface area contributed by atoms with Gasteiger partial charge in [0, 0.05) is 22.7 Å². The molecule has 1 heterocycles. The Morgan fingerprint density at radius 2 is 1.95 bits per heavy atom. The molecule has 1 saturated carbocycles. The zero-order valence-electron chi connectivity index (χ0n) is 9.87. The molecule has 1 aliphatic rings. The first-order valence-electron chi connectivity index (χ1n) is 5.88. The second-order valence-corrected chi connectivity index (χ2v) is 4.64. The first-order valence-corrected chi connectivity index (χ1v) is 5.88. The number of nitrogen functional groups attached to an aromatic ring is 1. The Labute approximate surface area is 107 Å². The number of ether oxygens (including phenoxy) is 1. The topological polar surface area (TPSA) is 48.1 Å². The third-order valence-electron chi connectivity index (χ3n) is 3.06. The number of aromatic nitrogens is 1. The predicted molar refractivity (Wildman–Crippen MR) is 64.8 cm³/mol. The second kappa shape index (κ2) is 4.01. The van der Waals surface area contributed by atoms with Gasteiger partial charge >= 0.3 is 6.36 Å². The van der Waals surface area contributed by atoms with Crippen molar-refractivity contribution in [2.24, 2.45) is 0 Å². The van der Waals surface area contributed by atoms with Crippen LogP contribution >= 0.6 is 0 Å².